The largest absolute Gasteiger partial charge is 0.468 e. The molecule has 120 valence electrons. The van der Waals surface area contributed by atoms with Crippen molar-refractivity contribution in [2.45, 2.75) is 69.9 Å². The van der Waals surface area contributed by atoms with E-state index in [0.717, 1.165) is 13.0 Å². The van der Waals surface area contributed by atoms with E-state index in [-0.39, 0.29) is 12.0 Å². The lowest BCUT2D eigenvalue weighted by atomic mass is 9.77. The van der Waals surface area contributed by atoms with Crippen molar-refractivity contribution >= 4 is 5.97 Å². The van der Waals surface area contributed by atoms with Crippen LogP contribution in [0.5, 0.6) is 0 Å². The standard InChI is InChI=1S/C17H30N2O2/c1-21-16(20)15(18-14-4-5-14)6-11-19-12-9-17(10-13-19)7-2-3-8-17/h14-15,18H,2-13H2,1H3. The van der Waals surface area contributed by atoms with E-state index in [0.29, 0.717) is 11.5 Å². The van der Waals surface area contributed by atoms with Gasteiger partial charge in [0.15, 0.2) is 0 Å². The van der Waals surface area contributed by atoms with Crippen molar-refractivity contribution in [3.8, 4) is 0 Å². The van der Waals surface area contributed by atoms with E-state index in [4.69, 9.17) is 4.74 Å². The summed E-state index contributed by atoms with van der Waals surface area (Å²) < 4.78 is 4.94. The van der Waals surface area contributed by atoms with Gasteiger partial charge in [0.25, 0.3) is 0 Å². The molecule has 1 saturated heterocycles. The number of ether oxygens (including phenoxy) is 1. The van der Waals surface area contributed by atoms with Crippen molar-refractivity contribution in [3.05, 3.63) is 0 Å². The number of likely N-dealkylation sites (tertiary alicyclic amines) is 1. The highest BCUT2D eigenvalue weighted by atomic mass is 16.5. The summed E-state index contributed by atoms with van der Waals surface area (Å²) in [6, 6.07) is 0.446. The van der Waals surface area contributed by atoms with E-state index in [1.165, 1.54) is 71.6 Å². The maximum Gasteiger partial charge on any atom is 0.322 e. The van der Waals surface area contributed by atoms with E-state index in [1.807, 2.05) is 0 Å². The third kappa shape index (κ3) is 3.98. The summed E-state index contributed by atoms with van der Waals surface area (Å²) in [5.41, 5.74) is 0.685. The highest BCUT2D eigenvalue weighted by Gasteiger charge is 2.37. The zero-order valence-electron chi connectivity index (χ0n) is 13.4. The van der Waals surface area contributed by atoms with Crippen LogP contribution in [0.15, 0.2) is 0 Å². The zero-order chi connectivity index (χ0) is 14.7. The molecule has 1 spiro atoms. The van der Waals surface area contributed by atoms with E-state index < -0.39 is 0 Å². The lowest BCUT2D eigenvalue weighted by molar-refractivity contribution is -0.143. The molecule has 3 rings (SSSR count). The minimum absolute atomic E-state index is 0.0915. The SMILES string of the molecule is COC(=O)C(CCN1CCC2(CCCC2)CC1)NC1CC1. The first kappa shape index (κ1) is 15.3. The van der Waals surface area contributed by atoms with Gasteiger partial charge >= 0.3 is 5.97 Å². The Kier molecular flexibility index (Phi) is 4.85. The van der Waals surface area contributed by atoms with Crippen LogP contribution in [0.2, 0.25) is 0 Å². The molecule has 4 nitrogen and oxygen atoms in total. The Bertz CT molecular complexity index is 352. The number of carbonyl (C=O) groups excluding carboxylic acids is 1. The molecule has 0 aromatic carbocycles. The Hall–Kier alpha value is -0.610. The second-order valence-corrected chi connectivity index (χ2v) is 7.35. The number of hydrogen-bond acceptors (Lipinski definition) is 4. The lowest BCUT2D eigenvalue weighted by Crippen LogP contribution is -2.44. The summed E-state index contributed by atoms with van der Waals surface area (Å²) in [5.74, 6) is -0.0915. The molecule has 0 radical (unpaired) electrons. The van der Waals surface area contributed by atoms with E-state index in [2.05, 4.69) is 10.2 Å². The number of carbonyl (C=O) groups is 1. The predicted molar refractivity (Wildman–Crippen MR) is 83.2 cm³/mol. The number of piperidine rings is 1. The van der Waals surface area contributed by atoms with Gasteiger partial charge < -0.3 is 15.0 Å². The van der Waals surface area contributed by atoms with Crippen LogP contribution in [-0.4, -0.2) is 49.7 Å². The van der Waals surface area contributed by atoms with Crippen molar-refractivity contribution in [3.63, 3.8) is 0 Å². The fourth-order valence-corrected chi connectivity index (χ4v) is 4.13. The third-order valence-corrected chi connectivity index (χ3v) is 5.81. The van der Waals surface area contributed by atoms with Crippen LogP contribution in [0.3, 0.4) is 0 Å². The molecular formula is C17H30N2O2. The molecule has 3 fully saturated rings. The number of nitrogens with one attached hydrogen (secondary N) is 1. The molecule has 2 saturated carbocycles. The van der Waals surface area contributed by atoms with Crippen molar-refractivity contribution in [2.75, 3.05) is 26.7 Å². The molecule has 21 heavy (non-hydrogen) atoms. The van der Waals surface area contributed by atoms with Crippen LogP contribution in [-0.2, 0) is 9.53 Å². The highest BCUT2D eigenvalue weighted by molar-refractivity contribution is 5.75. The van der Waals surface area contributed by atoms with Crippen LogP contribution in [0.25, 0.3) is 0 Å². The zero-order valence-corrected chi connectivity index (χ0v) is 13.4. The Morgan fingerprint density at radius 3 is 2.48 bits per heavy atom. The van der Waals surface area contributed by atoms with Crippen molar-refractivity contribution in [1.29, 1.82) is 0 Å². The summed E-state index contributed by atoms with van der Waals surface area (Å²) in [6.07, 6.45) is 11.8. The molecule has 1 N–H and O–H groups in total. The Morgan fingerprint density at radius 1 is 1.24 bits per heavy atom. The van der Waals surface area contributed by atoms with Gasteiger partial charge in [0.05, 0.1) is 7.11 Å². The molecule has 1 heterocycles. The fourth-order valence-electron chi connectivity index (χ4n) is 4.13. The molecule has 2 aliphatic carbocycles. The second-order valence-electron chi connectivity index (χ2n) is 7.35. The summed E-state index contributed by atoms with van der Waals surface area (Å²) in [4.78, 5) is 14.4. The monoisotopic (exact) mass is 294 g/mol. The molecular weight excluding hydrogens is 264 g/mol. The van der Waals surface area contributed by atoms with Crippen molar-refractivity contribution in [2.24, 2.45) is 5.41 Å². The number of hydrogen-bond donors (Lipinski definition) is 1. The third-order valence-electron chi connectivity index (χ3n) is 5.81. The minimum atomic E-state index is -0.107. The number of methoxy groups -OCH3 is 1. The van der Waals surface area contributed by atoms with Crippen LogP contribution in [0.4, 0.5) is 0 Å². The van der Waals surface area contributed by atoms with Gasteiger partial charge in [-0.25, -0.2) is 0 Å². The molecule has 1 atom stereocenters. The van der Waals surface area contributed by atoms with Crippen molar-refractivity contribution < 1.29 is 9.53 Å². The summed E-state index contributed by atoms with van der Waals surface area (Å²) in [5, 5.41) is 3.43. The smallest absolute Gasteiger partial charge is 0.322 e. The molecule has 3 aliphatic rings. The van der Waals surface area contributed by atoms with Crippen LogP contribution < -0.4 is 5.32 Å². The van der Waals surface area contributed by atoms with Gasteiger partial charge in [-0.2, -0.15) is 0 Å². The lowest BCUT2D eigenvalue weighted by Gasteiger charge is -2.39. The summed E-state index contributed by atoms with van der Waals surface area (Å²) in [7, 11) is 1.49. The average molecular weight is 294 g/mol. The molecule has 0 amide bonds. The first-order valence-electron chi connectivity index (χ1n) is 8.77. The molecule has 4 heteroatoms. The minimum Gasteiger partial charge on any atom is -0.468 e. The Morgan fingerprint density at radius 2 is 1.90 bits per heavy atom. The second kappa shape index (κ2) is 6.66. The van der Waals surface area contributed by atoms with Crippen LogP contribution in [0.1, 0.15) is 57.8 Å². The van der Waals surface area contributed by atoms with E-state index in [9.17, 15) is 4.79 Å². The summed E-state index contributed by atoms with van der Waals surface area (Å²) >= 11 is 0. The van der Waals surface area contributed by atoms with Gasteiger partial charge in [-0.1, -0.05) is 12.8 Å². The van der Waals surface area contributed by atoms with Crippen LogP contribution in [0, 0.1) is 5.41 Å². The molecule has 0 aromatic rings. The van der Waals surface area contributed by atoms with Gasteiger partial charge in [-0.15, -0.1) is 0 Å². The highest BCUT2D eigenvalue weighted by Crippen LogP contribution is 2.46. The quantitative estimate of drug-likeness (QED) is 0.763. The van der Waals surface area contributed by atoms with Gasteiger partial charge in [-0.05, 0) is 63.5 Å². The van der Waals surface area contributed by atoms with E-state index >= 15 is 0 Å². The molecule has 1 aliphatic heterocycles. The maximum absolute atomic E-state index is 11.8. The van der Waals surface area contributed by atoms with E-state index in [1.54, 1.807) is 0 Å². The molecule has 0 bridgehead atoms. The number of esters is 1. The first-order chi connectivity index (χ1) is 10.2. The van der Waals surface area contributed by atoms with Gasteiger partial charge in [0.2, 0.25) is 0 Å². The van der Waals surface area contributed by atoms with Crippen LogP contribution >= 0.6 is 0 Å². The molecule has 0 aromatic heterocycles. The van der Waals surface area contributed by atoms with Gasteiger partial charge in [0, 0.05) is 12.6 Å². The maximum atomic E-state index is 11.8. The Labute approximate surface area is 128 Å². The first-order valence-corrected chi connectivity index (χ1v) is 8.77. The molecule has 1 unspecified atom stereocenters. The predicted octanol–water partition coefficient (Wildman–Crippen LogP) is 2.33. The summed E-state index contributed by atoms with van der Waals surface area (Å²) in [6.45, 7) is 3.46. The Balaban J connectivity index is 1.42. The van der Waals surface area contributed by atoms with Gasteiger partial charge in [-0.3, -0.25) is 4.79 Å². The normalized spacial score (nSPS) is 26.9. The van der Waals surface area contributed by atoms with Gasteiger partial charge in [0.1, 0.15) is 6.04 Å². The number of rotatable bonds is 6. The number of nitrogens with zero attached hydrogens (tertiary/aromatic N) is 1. The topological polar surface area (TPSA) is 41.6 Å². The fraction of sp³-hybridized carbons (Fsp3) is 0.941. The average Bonchev–Trinajstić information content (AvgIpc) is 3.23. The van der Waals surface area contributed by atoms with Crippen molar-refractivity contribution in [1.82, 2.24) is 10.2 Å².